The van der Waals surface area contributed by atoms with Crippen LogP contribution in [0.25, 0.3) is 22.3 Å². The molecule has 0 aliphatic heterocycles. The number of rotatable bonds is 2. The Morgan fingerprint density at radius 2 is 1.89 bits per heavy atom. The van der Waals surface area contributed by atoms with E-state index < -0.39 is 0 Å². The Morgan fingerprint density at radius 1 is 1.06 bits per heavy atom. The van der Waals surface area contributed by atoms with Crippen molar-refractivity contribution >= 4 is 11.0 Å². The van der Waals surface area contributed by atoms with Gasteiger partial charge in [-0.25, -0.2) is 4.98 Å². The van der Waals surface area contributed by atoms with Crippen LogP contribution in [0.5, 0.6) is 0 Å². The van der Waals surface area contributed by atoms with Gasteiger partial charge < -0.3 is 0 Å². The van der Waals surface area contributed by atoms with E-state index in [-0.39, 0.29) is 0 Å². The zero-order valence-electron chi connectivity index (χ0n) is 9.80. The van der Waals surface area contributed by atoms with Crippen molar-refractivity contribution in [1.29, 1.82) is 0 Å². The summed E-state index contributed by atoms with van der Waals surface area (Å²) in [6, 6.07) is 7.92. The van der Waals surface area contributed by atoms with Gasteiger partial charge in [-0.3, -0.25) is 10.1 Å². The Bertz CT molecular complexity index is 712. The number of fused-ring (bicyclic) bond motifs is 1. The maximum Gasteiger partial charge on any atom is 0.0927 e. The fourth-order valence-corrected chi connectivity index (χ4v) is 2.27. The number of hydrogen-bond acceptors (Lipinski definition) is 3. The molecule has 1 N–H and O–H groups in total. The summed E-state index contributed by atoms with van der Waals surface area (Å²) >= 11 is 0. The highest BCUT2D eigenvalue weighted by Crippen LogP contribution is 2.42. The second-order valence-corrected chi connectivity index (χ2v) is 4.72. The number of aromatic nitrogens is 4. The molecule has 3 aromatic rings. The number of para-hydroxylation sites is 2. The summed E-state index contributed by atoms with van der Waals surface area (Å²) in [5, 5.41) is 7.24. The third-order valence-corrected chi connectivity index (χ3v) is 3.38. The molecule has 0 bridgehead atoms. The molecule has 0 radical (unpaired) electrons. The molecule has 0 saturated heterocycles. The molecule has 0 spiro atoms. The van der Waals surface area contributed by atoms with Crippen molar-refractivity contribution in [3.05, 3.63) is 42.4 Å². The number of hydrogen-bond donors (Lipinski definition) is 1. The molecule has 88 valence electrons. The van der Waals surface area contributed by atoms with Crippen LogP contribution < -0.4 is 0 Å². The Morgan fingerprint density at radius 3 is 2.72 bits per heavy atom. The monoisotopic (exact) mass is 236 g/mol. The van der Waals surface area contributed by atoms with Crippen LogP contribution >= 0.6 is 0 Å². The van der Waals surface area contributed by atoms with Crippen molar-refractivity contribution < 1.29 is 0 Å². The van der Waals surface area contributed by atoms with E-state index in [2.05, 4.69) is 20.2 Å². The van der Waals surface area contributed by atoms with Gasteiger partial charge in [-0.15, -0.1) is 0 Å². The van der Waals surface area contributed by atoms with Gasteiger partial charge in [0.05, 0.1) is 29.1 Å². The minimum absolute atomic E-state index is 0.635. The van der Waals surface area contributed by atoms with Gasteiger partial charge in [0.1, 0.15) is 0 Å². The second kappa shape index (κ2) is 3.63. The predicted molar refractivity (Wildman–Crippen MR) is 69.1 cm³/mol. The third-order valence-electron chi connectivity index (χ3n) is 3.38. The molecule has 1 saturated carbocycles. The lowest BCUT2D eigenvalue weighted by atomic mass is 10.1. The first kappa shape index (κ1) is 9.76. The fourth-order valence-electron chi connectivity index (χ4n) is 2.27. The molecular formula is C14H12N4. The minimum Gasteiger partial charge on any atom is -0.282 e. The summed E-state index contributed by atoms with van der Waals surface area (Å²) in [4.78, 5) is 9.12. The Hall–Kier alpha value is -2.23. The normalized spacial score (nSPS) is 15.1. The Labute approximate surface area is 104 Å². The van der Waals surface area contributed by atoms with Crippen LogP contribution in [-0.2, 0) is 0 Å². The van der Waals surface area contributed by atoms with Crippen molar-refractivity contribution in [2.75, 3.05) is 0 Å². The minimum atomic E-state index is 0.635. The number of nitrogens with zero attached hydrogens (tertiary/aromatic N) is 3. The number of H-pyrrole nitrogens is 1. The largest absolute Gasteiger partial charge is 0.282 e. The average Bonchev–Trinajstić information content (AvgIpc) is 3.16. The van der Waals surface area contributed by atoms with Crippen molar-refractivity contribution in [2.45, 2.75) is 18.8 Å². The van der Waals surface area contributed by atoms with Crippen molar-refractivity contribution in [3.8, 4) is 11.3 Å². The van der Waals surface area contributed by atoms with Crippen molar-refractivity contribution in [3.63, 3.8) is 0 Å². The molecule has 1 aliphatic carbocycles. The molecule has 4 nitrogen and oxygen atoms in total. The molecule has 1 aliphatic rings. The van der Waals surface area contributed by atoms with E-state index in [4.69, 9.17) is 0 Å². The fraction of sp³-hybridized carbons (Fsp3) is 0.214. The zero-order chi connectivity index (χ0) is 11.9. The van der Waals surface area contributed by atoms with E-state index in [9.17, 15) is 0 Å². The molecular weight excluding hydrogens is 224 g/mol. The van der Waals surface area contributed by atoms with Crippen LogP contribution in [0.4, 0.5) is 0 Å². The third kappa shape index (κ3) is 1.49. The van der Waals surface area contributed by atoms with E-state index in [1.807, 2.05) is 36.7 Å². The van der Waals surface area contributed by atoms with Gasteiger partial charge in [-0.2, -0.15) is 5.10 Å². The summed E-state index contributed by atoms with van der Waals surface area (Å²) in [7, 11) is 0. The Kier molecular flexibility index (Phi) is 1.97. The summed E-state index contributed by atoms with van der Waals surface area (Å²) in [6.45, 7) is 0. The smallest absolute Gasteiger partial charge is 0.0927 e. The van der Waals surface area contributed by atoms with Crippen LogP contribution in [0, 0.1) is 0 Å². The van der Waals surface area contributed by atoms with Gasteiger partial charge in [0.15, 0.2) is 0 Å². The zero-order valence-corrected chi connectivity index (χ0v) is 9.80. The first-order valence-electron chi connectivity index (χ1n) is 6.17. The van der Waals surface area contributed by atoms with Crippen LogP contribution in [0.1, 0.15) is 24.5 Å². The first-order valence-corrected chi connectivity index (χ1v) is 6.17. The van der Waals surface area contributed by atoms with E-state index in [1.54, 1.807) is 0 Å². The van der Waals surface area contributed by atoms with Gasteiger partial charge in [-0.05, 0) is 25.0 Å². The topological polar surface area (TPSA) is 54.5 Å². The highest BCUT2D eigenvalue weighted by atomic mass is 15.1. The lowest BCUT2D eigenvalue weighted by Crippen LogP contribution is -1.90. The van der Waals surface area contributed by atoms with E-state index in [1.165, 1.54) is 18.5 Å². The summed E-state index contributed by atoms with van der Waals surface area (Å²) in [5.41, 5.74) is 5.07. The lowest BCUT2D eigenvalue weighted by molar-refractivity contribution is 0.965. The molecule has 2 aromatic heterocycles. The quantitative estimate of drug-likeness (QED) is 0.744. The molecule has 18 heavy (non-hydrogen) atoms. The number of nitrogens with one attached hydrogen (secondary N) is 1. The van der Waals surface area contributed by atoms with E-state index >= 15 is 0 Å². The molecule has 1 fully saturated rings. The van der Waals surface area contributed by atoms with Gasteiger partial charge >= 0.3 is 0 Å². The SMILES string of the molecule is c1ccc2nc(-c3cn[nH]c3C3CC3)cnc2c1. The van der Waals surface area contributed by atoms with Gasteiger partial charge in [0, 0.05) is 17.2 Å². The maximum atomic E-state index is 4.67. The van der Waals surface area contributed by atoms with Crippen molar-refractivity contribution in [2.24, 2.45) is 0 Å². The standard InChI is InChI=1S/C14H12N4/c1-2-4-12-11(3-1)15-8-13(17-12)10-7-16-18-14(10)9-5-6-9/h1-4,7-9H,5-6H2,(H,16,18). The van der Waals surface area contributed by atoms with Gasteiger partial charge in [0.25, 0.3) is 0 Å². The molecule has 4 rings (SSSR count). The first-order chi connectivity index (χ1) is 8.92. The number of benzene rings is 1. The Balaban J connectivity index is 1.88. The van der Waals surface area contributed by atoms with E-state index in [0.29, 0.717) is 5.92 Å². The van der Waals surface area contributed by atoms with Crippen LogP contribution in [0.3, 0.4) is 0 Å². The van der Waals surface area contributed by atoms with Gasteiger partial charge in [-0.1, -0.05) is 12.1 Å². The summed E-state index contributed by atoms with van der Waals surface area (Å²) < 4.78 is 0. The summed E-state index contributed by atoms with van der Waals surface area (Å²) in [5.74, 6) is 0.635. The number of aromatic amines is 1. The molecule has 0 unspecified atom stereocenters. The van der Waals surface area contributed by atoms with Crippen LogP contribution in [0.15, 0.2) is 36.7 Å². The van der Waals surface area contributed by atoms with Crippen LogP contribution in [-0.4, -0.2) is 20.2 Å². The maximum absolute atomic E-state index is 4.67. The molecule has 4 heteroatoms. The second-order valence-electron chi connectivity index (χ2n) is 4.72. The highest BCUT2D eigenvalue weighted by Gasteiger charge is 2.28. The summed E-state index contributed by atoms with van der Waals surface area (Å²) in [6.07, 6.45) is 6.18. The molecule has 2 heterocycles. The highest BCUT2D eigenvalue weighted by molar-refractivity contribution is 5.77. The lowest BCUT2D eigenvalue weighted by Gasteiger charge is -2.02. The average molecular weight is 236 g/mol. The van der Waals surface area contributed by atoms with Crippen LogP contribution in [0.2, 0.25) is 0 Å². The molecule has 0 amide bonds. The molecule has 0 atom stereocenters. The van der Waals surface area contributed by atoms with Crippen molar-refractivity contribution in [1.82, 2.24) is 20.2 Å². The van der Waals surface area contributed by atoms with E-state index in [0.717, 1.165) is 22.3 Å². The molecule has 1 aromatic carbocycles. The predicted octanol–water partition coefficient (Wildman–Crippen LogP) is 2.90. The van der Waals surface area contributed by atoms with Gasteiger partial charge in [0.2, 0.25) is 0 Å².